The van der Waals surface area contributed by atoms with Gasteiger partial charge in [0.2, 0.25) is 0 Å². The van der Waals surface area contributed by atoms with Gasteiger partial charge < -0.3 is 4.74 Å². The molecule has 0 aliphatic rings. The highest BCUT2D eigenvalue weighted by Crippen LogP contribution is 2.27. The molecule has 0 amide bonds. The van der Waals surface area contributed by atoms with Gasteiger partial charge in [-0.15, -0.1) is 0 Å². The Labute approximate surface area is 131 Å². The standard InChI is InChI=1S/C15H15ClF2N2O2/c1-3-22-15(21)12-11(19-20(2)13(12)14(17)18)8-9-5-4-6-10(16)7-9/h4-7,14H,3,8H2,1-2H3. The fraction of sp³-hybridized carbons (Fsp3) is 0.333. The highest BCUT2D eigenvalue weighted by molar-refractivity contribution is 6.30. The van der Waals surface area contributed by atoms with Crippen molar-refractivity contribution in [1.82, 2.24) is 9.78 Å². The van der Waals surface area contributed by atoms with Crippen LogP contribution in [0.5, 0.6) is 0 Å². The Bertz CT molecular complexity index is 686. The molecule has 0 bridgehead atoms. The van der Waals surface area contributed by atoms with Crippen LogP contribution in [0.1, 0.15) is 40.7 Å². The second-order valence-electron chi connectivity index (χ2n) is 4.66. The summed E-state index contributed by atoms with van der Waals surface area (Å²) in [7, 11) is 1.38. The second-order valence-corrected chi connectivity index (χ2v) is 5.09. The van der Waals surface area contributed by atoms with Crippen molar-refractivity contribution in [3.63, 3.8) is 0 Å². The third-order valence-electron chi connectivity index (χ3n) is 3.11. The van der Waals surface area contributed by atoms with Gasteiger partial charge in [-0.1, -0.05) is 23.7 Å². The number of ether oxygens (including phenoxy) is 1. The van der Waals surface area contributed by atoms with Gasteiger partial charge >= 0.3 is 5.97 Å². The number of rotatable bonds is 5. The zero-order chi connectivity index (χ0) is 16.3. The summed E-state index contributed by atoms with van der Waals surface area (Å²) >= 11 is 5.91. The summed E-state index contributed by atoms with van der Waals surface area (Å²) in [6, 6.07) is 6.95. The molecule has 0 saturated carbocycles. The molecule has 118 valence electrons. The van der Waals surface area contributed by atoms with E-state index in [2.05, 4.69) is 5.10 Å². The highest BCUT2D eigenvalue weighted by atomic mass is 35.5. The van der Waals surface area contributed by atoms with Crippen LogP contribution in [0.15, 0.2) is 24.3 Å². The fourth-order valence-electron chi connectivity index (χ4n) is 2.23. The minimum atomic E-state index is -2.81. The average molecular weight is 329 g/mol. The summed E-state index contributed by atoms with van der Waals surface area (Å²) < 4.78 is 32.3. The maximum Gasteiger partial charge on any atom is 0.342 e. The number of benzene rings is 1. The molecule has 0 aliphatic carbocycles. The van der Waals surface area contributed by atoms with Crippen LogP contribution in [0.3, 0.4) is 0 Å². The van der Waals surface area contributed by atoms with Gasteiger partial charge in [-0.05, 0) is 24.6 Å². The smallest absolute Gasteiger partial charge is 0.342 e. The van der Waals surface area contributed by atoms with Gasteiger partial charge in [-0.2, -0.15) is 5.10 Å². The lowest BCUT2D eigenvalue weighted by molar-refractivity contribution is 0.0512. The lowest BCUT2D eigenvalue weighted by Crippen LogP contribution is -2.11. The number of esters is 1. The molecule has 2 aromatic rings. The van der Waals surface area contributed by atoms with E-state index < -0.39 is 18.1 Å². The van der Waals surface area contributed by atoms with E-state index in [0.717, 1.165) is 10.2 Å². The topological polar surface area (TPSA) is 44.1 Å². The van der Waals surface area contributed by atoms with Crippen LogP contribution in [0, 0.1) is 0 Å². The van der Waals surface area contributed by atoms with Crippen LogP contribution in [-0.4, -0.2) is 22.4 Å². The van der Waals surface area contributed by atoms with E-state index in [9.17, 15) is 13.6 Å². The molecule has 0 radical (unpaired) electrons. The lowest BCUT2D eigenvalue weighted by atomic mass is 10.1. The Kier molecular flexibility index (Phi) is 5.13. The van der Waals surface area contributed by atoms with Crippen molar-refractivity contribution in [2.45, 2.75) is 19.8 Å². The number of hydrogen-bond donors (Lipinski definition) is 0. The summed E-state index contributed by atoms with van der Waals surface area (Å²) in [5.41, 5.74) is 0.422. The van der Waals surface area contributed by atoms with Crippen LogP contribution in [-0.2, 0) is 18.2 Å². The quantitative estimate of drug-likeness (QED) is 0.785. The molecule has 0 fully saturated rings. The van der Waals surface area contributed by atoms with Crippen molar-refractivity contribution in [1.29, 1.82) is 0 Å². The predicted octanol–water partition coefficient (Wildman–Crippen LogP) is 3.78. The van der Waals surface area contributed by atoms with Crippen LogP contribution >= 0.6 is 11.6 Å². The molecular weight excluding hydrogens is 314 g/mol. The van der Waals surface area contributed by atoms with Crippen molar-refractivity contribution in [3.05, 3.63) is 51.8 Å². The number of hydrogen-bond acceptors (Lipinski definition) is 3. The molecule has 2 rings (SSSR count). The van der Waals surface area contributed by atoms with Crippen molar-refractivity contribution < 1.29 is 18.3 Å². The van der Waals surface area contributed by atoms with E-state index in [-0.39, 0.29) is 24.3 Å². The van der Waals surface area contributed by atoms with E-state index in [0.29, 0.717) is 5.02 Å². The molecule has 1 heterocycles. The van der Waals surface area contributed by atoms with Gasteiger partial charge in [-0.25, -0.2) is 13.6 Å². The number of aromatic nitrogens is 2. The summed E-state index contributed by atoms with van der Waals surface area (Å²) in [4.78, 5) is 12.0. The molecule has 0 atom stereocenters. The average Bonchev–Trinajstić information content (AvgIpc) is 2.75. The number of nitrogens with zero attached hydrogens (tertiary/aromatic N) is 2. The lowest BCUT2D eigenvalue weighted by Gasteiger charge is -2.06. The summed E-state index contributed by atoms with van der Waals surface area (Å²) in [6.07, 6.45) is -2.60. The molecule has 0 aliphatic heterocycles. The number of carbonyl (C=O) groups is 1. The summed E-state index contributed by atoms with van der Waals surface area (Å²) in [5, 5.41) is 4.58. The first-order valence-corrected chi connectivity index (χ1v) is 7.07. The minimum absolute atomic E-state index is 0.104. The van der Waals surface area contributed by atoms with Gasteiger partial charge in [0, 0.05) is 18.5 Å². The van der Waals surface area contributed by atoms with E-state index in [1.807, 2.05) is 0 Å². The first-order chi connectivity index (χ1) is 10.4. The first-order valence-electron chi connectivity index (χ1n) is 6.69. The Hall–Kier alpha value is -1.95. The zero-order valence-corrected chi connectivity index (χ0v) is 12.9. The first kappa shape index (κ1) is 16.4. The summed E-state index contributed by atoms with van der Waals surface area (Å²) in [6.45, 7) is 1.72. The molecule has 0 unspecified atom stereocenters. The maximum atomic E-state index is 13.2. The Morgan fingerprint density at radius 1 is 1.45 bits per heavy atom. The van der Waals surface area contributed by atoms with Gasteiger partial charge in [0.25, 0.3) is 6.43 Å². The van der Waals surface area contributed by atoms with Crippen molar-refractivity contribution >= 4 is 17.6 Å². The largest absolute Gasteiger partial charge is 0.462 e. The van der Waals surface area contributed by atoms with Crippen LogP contribution < -0.4 is 0 Å². The molecule has 1 aromatic carbocycles. The monoisotopic (exact) mass is 328 g/mol. The number of alkyl halides is 2. The third kappa shape index (κ3) is 3.44. The van der Waals surface area contributed by atoms with Crippen LogP contribution in [0.2, 0.25) is 5.02 Å². The number of aryl methyl sites for hydroxylation is 1. The van der Waals surface area contributed by atoms with E-state index in [1.165, 1.54) is 7.05 Å². The molecule has 4 nitrogen and oxygen atoms in total. The van der Waals surface area contributed by atoms with Gasteiger partial charge in [0.15, 0.2) is 0 Å². The highest BCUT2D eigenvalue weighted by Gasteiger charge is 2.29. The van der Waals surface area contributed by atoms with E-state index in [4.69, 9.17) is 16.3 Å². The maximum absolute atomic E-state index is 13.2. The Morgan fingerprint density at radius 2 is 2.18 bits per heavy atom. The molecule has 0 N–H and O–H groups in total. The number of halogens is 3. The van der Waals surface area contributed by atoms with Gasteiger partial charge in [0.1, 0.15) is 11.3 Å². The normalized spacial score (nSPS) is 11.0. The molecule has 0 saturated heterocycles. The molecule has 7 heteroatoms. The van der Waals surface area contributed by atoms with Crippen molar-refractivity contribution in [2.24, 2.45) is 7.05 Å². The molecule has 22 heavy (non-hydrogen) atoms. The Morgan fingerprint density at radius 3 is 2.77 bits per heavy atom. The zero-order valence-electron chi connectivity index (χ0n) is 12.1. The Balaban J connectivity index is 2.46. The molecule has 0 spiro atoms. The summed E-state index contributed by atoms with van der Waals surface area (Å²) in [5.74, 6) is -0.789. The predicted molar refractivity (Wildman–Crippen MR) is 78.4 cm³/mol. The molecule has 1 aromatic heterocycles. The van der Waals surface area contributed by atoms with Crippen molar-refractivity contribution in [2.75, 3.05) is 6.61 Å². The van der Waals surface area contributed by atoms with E-state index in [1.54, 1.807) is 31.2 Å². The van der Waals surface area contributed by atoms with Gasteiger partial charge in [0.05, 0.1) is 12.3 Å². The van der Waals surface area contributed by atoms with Crippen LogP contribution in [0.25, 0.3) is 0 Å². The number of carbonyl (C=O) groups excluding carboxylic acids is 1. The van der Waals surface area contributed by atoms with Crippen LogP contribution in [0.4, 0.5) is 8.78 Å². The van der Waals surface area contributed by atoms with Gasteiger partial charge in [-0.3, -0.25) is 4.68 Å². The van der Waals surface area contributed by atoms with Crippen molar-refractivity contribution in [3.8, 4) is 0 Å². The molecular formula is C15H15ClF2N2O2. The van der Waals surface area contributed by atoms with E-state index >= 15 is 0 Å². The fourth-order valence-corrected chi connectivity index (χ4v) is 2.45. The SMILES string of the molecule is CCOC(=O)c1c(Cc2cccc(Cl)c2)nn(C)c1C(F)F. The third-order valence-corrected chi connectivity index (χ3v) is 3.35. The minimum Gasteiger partial charge on any atom is -0.462 e. The second kappa shape index (κ2) is 6.87.